The Morgan fingerprint density at radius 1 is 1.33 bits per heavy atom. The molecular weight excluding hydrogens is 200 g/mol. The molecule has 0 fully saturated rings. The molecule has 0 saturated heterocycles. The highest BCUT2D eigenvalue weighted by molar-refractivity contribution is 5.05. The molecule has 1 aromatic heterocycles. The van der Waals surface area contributed by atoms with Gasteiger partial charge < -0.3 is 8.83 Å². The van der Waals surface area contributed by atoms with Gasteiger partial charge in [-0.1, -0.05) is 13.3 Å². The van der Waals surface area contributed by atoms with E-state index >= 15 is 0 Å². The Bertz CT molecular complexity index is 360. The van der Waals surface area contributed by atoms with Gasteiger partial charge in [0.1, 0.15) is 5.60 Å². The number of aryl methyl sites for hydroxylation is 1. The molecule has 0 aliphatic heterocycles. The summed E-state index contributed by atoms with van der Waals surface area (Å²) in [4.78, 5) is 20.8. The molecule has 0 aromatic carbocycles. The van der Waals surface area contributed by atoms with E-state index in [9.17, 15) is 4.79 Å². The fraction of sp³-hybridized carbons (Fsp3) is 0.700. The summed E-state index contributed by atoms with van der Waals surface area (Å²) in [5.41, 5.74) is -0.420. The van der Waals surface area contributed by atoms with Crippen LogP contribution in [-0.4, -0.2) is 5.60 Å². The van der Waals surface area contributed by atoms with Crippen molar-refractivity contribution < 1.29 is 18.6 Å². The van der Waals surface area contributed by atoms with Crippen molar-refractivity contribution in [1.29, 1.82) is 0 Å². The van der Waals surface area contributed by atoms with E-state index < -0.39 is 11.4 Å². The summed E-state index contributed by atoms with van der Waals surface area (Å²) in [6.07, 6.45) is 1.82. The molecule has 0 bridgehead atoms. The van der Waals surface area contributed by atoms with E-state index in [1.54, 1.807) is 6.92 Å². The Labute approximate surface area is 87.9 Å². The zero-order valence-corrected chi connectivity index (χ0v) is 9.46. The molecule has 1 aromatic rings. The van der Waals surface area contributed by atoms with Gasteiger partial charge in [-0.3, -0.25) is 4.89 Å². The topological polar surface area (TPSA) is 61.8 Å². The molecular formula is C10H16O5. The van der Waals surface area contributed by atoms with Crippen LogP contribution in [0.15, 0.2) is 13.6 Å². The third-order valence-electron chi connectivity index (χ3n) is 1.89. The fourth-order valence-corrected chi connectivity index (χ4v) is 1.21. The Balaban J connectivity index is 2.57. The molecule has 5 nitrogen and oxygen atoms in total. The average Bonchev–Trinajstić information content (AvgIpc) is 2.42. The van der Waals surface area contributed by atoms with Crippen LogP contribution in [-0.2, 0) is 4.89 Å². The second-order valence-corrected chi connectivity index (χ2v) is 3.97. The van der Waals surface area contributed by atoms with Crippen molar-refractivity contribution in [2.75, 3.05) is 0 Å². The van der Waals surface area contributed by atoms with Gasteiger partial charge in [-0.25, -0.2) is 4.79 Å². The van der Waals surface area contributed by atoms with Gasteiger partial charge in [0.2, 0.25) is 0 Å². The van der Waals surface area contributed by atoms with E-state index in [2.05, 4.69) is 8.83 Å². The first-order valence-electron chi connectivity index (χ1n) is 4.91. The van der Waals surface area contributed by atoms with Crippen LogP contribution in [0.2, 0.25) is 0 Å². The number of rotatable bonds is 5. The van der Waals surface area contributed by atoms with E-state index in [1.807, 2.05) is 20.8 Å². The summed E-state index contributed by atoms with van der Waals surface area (Å²) in [5, 5.41) is 0. The first kappa shape index (κ1) is 11.8. The van der Waals surface area contributed by atoms with Crippen molar-refractivity contribution >= 4 is 0 Å². The zero-order chi connectivity index (χ0) is 11.5. The molecule has 0 spiro atoms. The Hall–Kier alpha value is -1.23. The highest BCUT2D eigenvalue weighted by Gasteiger charge is 2.21. The third-order valence-corrected chi connectivity index (χ3v) is 1.89. The summed E-state index contributed by atoms with van der Waals surface area (Å²) >= 11 is 0. The molecule has 0 amide bonds. The monoisotopic (exact) mass is 216 g/mol. The smallest absolute Gasteiger partial charge is 0.392 e. The maximum absolute atomic E-state index is 10.7. The van der Waals surface area contributed by atoms with Crippen molar-refractivity contribution in [3.05, 3.63) is 16.4 Å². The Morgan fingerprint density at radius 3 is 2.47 bits per heavy atom. The van der Waals surface area contributed by atoms with Crippen LogP contribution in [0.25, 0.3) is 0 Å². The van der Waals surface area contributed by atoms with Crippen molar-refractivity contribution in [2.24, 2.45) is 0 Å². The second kappa shape index (κ2) is 4.53. The molecule has 0 aliphatic rings. The van der Waals surface area contributed by atoms with Gasteiger partial charge in [0, 0.05) is 6.92 Å². The van der Waals surface area contributed by atoms with Crippen LogP contribution in [0.3, 0.4) is 0 Å². The molecule has 0 saturated carbocycles. The van der Waals surface area contributed by atoms with Gasteiger partial charge in [0.05, 0.1) is 0 Å². The van der Waals surface area contributed by atoms with Crippen molar-refractivity contribution in [3.8, 4) is 5.95 Å². The average molecular weight is 216 g/mol. The summed E-state index contributed by atoms with van der Waals surface area (Å²) in [6, 6.07) is 0. The van der Waals surface area contributed by atoms with Gasteiger partial charge >= 0.3 is 11.8 Å². The predicted molar refractivity (Wildman–Crippen MR) is 52.7 cm³/mol. The number of hydrogen-bond donors (Lipinski definition) is 0. The summed E-state index contributed by atoms with van der Waals surface area (Å²) < 4.78 is 9.23. The molecule has 15 heavy (non-hydrogen) atoms. The molecule has 1 heterocycles. The first-order chi connectivity index (χ1) is 6.94. The minimum absolute atomic E-state index is 0.0239. The minimum Gasteiger partial charge on any atom is -0.392 e. The van der Waals surface area contributed by atoms with Crippen LogP contribution >= 0.6 is 0 Å². The molecule has 0 radical (unpaired) electrons. The Kier molecular flexibility index (Phi) is 3.57. The van der Waals surface area contributed by atoms with E-state index in [0.29, 0.717) is 0 Å². The SMILES string of the molecule is CCCC(C)(C)OOc1oc(=O)oc1C. The van der Waals surface area contributed by atoms with Crippen molar-refractivity contribution in [2.45, 2.75) is 46.1 Å². The van der Waals surface area contributed by atoms with Gasteiger partial charge in [0.15, 0.2) is 5.76 Å². The molecule has 1 rings (SSSR count). The van der Waals surface area contributed by atoms with E-state index in [1.165, 1.54) is 0 Å². The standard InChI is InChI=1S/C10H16O5/c1-5-6-10(3,4)15-14-8-7(2)12-9(11)13-8/h5-6H2,1-4H3. The maximum atomic E-state index is 10.7. The molecule has 0 N–H and O–H groups in total. The largest absolute Gasteiger partial charge is 0.521 e. The van der Waals surface area contributed by atoms with Gasteiger partial charge in [0.25, 0.3) is 0 Å². The highest BCUT2D eigenvalue weighted by Crippen LogP contribution is 2.21. The van der Waals surface area contributed by atoms with Gasteiger partial charge in [-0.2, -0.15) is 4.89 Å². The normalized spacial score (nSPS) is 11.7. The van der Waals surface area contributed by atoms with Crippen LogP contribution in [0.4, 0.5) is 0 Å². The molecule has 86 valence electrons. The lowest BCUT2D eigenvalue weighted by Gasteiger charge is -2.21. The van der Waals surface area contributed by atoms with Crippen LogP contribution in [0, 0.1) is 6.92 Å². The maximum Gasteiger partial charge on any atom is 0.521 e. The quantitative estimate of drug-likeness (QED) is 0.558. The lowest BCUT2D eigenvalue weighted by molar-refractivity contribution is -0.292. The lowest BCUT2D eigenvalue weighted by atomic mass is 10.0. The van der Waals surface area contributed by atoms with Crippen LogP contribution < -0.4 is 10.7 Å². The van der Waals surface area contributed by atoms with Crippen LogP contribution in [0.1, 0.15) is 39.4 Å². The number of hydrogen-bond acceptors (Lipinski definition) is 5. The first-order valence-corrected chi connectivity index (χ1v) is 4.91. The second-order valence-electron chi connectivity index (χ2n) is 3.97. The lowest BCUT2D eigenvalue weighted by Crippen LogP contribution is -2.25. The van der Waals surface area contributed by atoms with Crippen molar-refractivity contribution in [3.63, 3.8) is 0 Å². The van der Waals surface area contributed by atoms with Gasteiger partial charge in [-0.05, 0) is 20.3 Å². The molecule has 0 unspecified atom stereocenters. The van der Waals surface area contributed by atoms with E-state index in [-0.39, 0.29) is 11.7 Å². The van der Waals surface area contributed by atoms with Crippen molar-refractivity contribution in [1.82, 2.24) is 0 Å². The predicted octanol–water partition coefficient (Wildman–Crippen LogP) is 2.43. The van der Waals surface area contributed by atoms with E-state index in [4.69, 9.17) is 9.78 Å². The molecule has 0 atom stereocenters. The summed E-state index contributed by atoms with van der Waals surface area (Å²) in [6.45, 7) is 7.40. The minimum atomic E-state index is -0.792. The molecule has 5 heteroatoms. The van der Waals surface area contributed by atoms with Gasteiger partial charge in [-0.15, -0.1) is 0 Å². The fourth-order valence-electron chi connectivity index (χ4n) is 1.21. The molecule has 0 aliphatic carbocycles. The van der Waals surface area contributed by atoms with E-state index in [0.717, 1.165) is 12.8 Å². The summed E-state index contributed by atoms with van der Waals surface area (Å²) in [5.74, 6) is -0.545. The van der Waals surface area contributed by atoms with Crippen LogP contribution in [0.5, 0.6) is 5.95 Å². The summed E-state index contributed by atoms with van der Waals surface area (Å²) in [7, 11) is 0. The third kappa shape index (κ3) is 3.43. The Morgan fingerprint density at radius 2 is 2.00 bits per heavy atom. The highest BCUT2D eigenvalue weighted by atomic mass is 17.2. The zero-order valence-electron chi connectivity index (χ0n) is 9.46.